The van der Waals surface area contributed by atoms with Crippen LogP contribution in [0.15, 0.2) is 60.9 Å². The van der Waals surface area contributed by atoms with Crippen LogP contribution in [-0.4, -0.2) is 32.9 Å². The third-order valence-corrected chi connectivity index (χ3v) is 6.61. The third-order valence-electron chi connectivity index (χ3n) is 6.61. The molecule has 0 saturated heterocycles. The molecule has 0 aliphatic carbocycles. The number of nitrogens with one attached hydrogen (secondary N) is 1. The van der Waals surface area contributed by atoms with Gasteiger partial charge in [-0.05, 0) is 85.5 Å². The summed E-state index contributed by atoms with van der Waals surface area (Å²) in [4.78, 5) is 16.2. The Labute approximate surface area is 222 Å². The van der Waals surface area contributed by atoms with Gasteiger partial charge in [0.1, 0.15) is 5.75 Å². The summed E-state index contributed by atoms with van der Waals surface area (Å²) in [6.45, 7) is 6.43. The van der Waals surface area contributed by atoms with E-state index in [1.54, 1.807) is 12.1 Å². The SMILES string of the molecule is Cc1cc(C#N)cc(C)c1Oc1nc(Nc2ccc(C#N)cc2)nc2c1CCN(Cc1ccncc1)CC2. The van der Waals surface area contributed by atoms with Crippen molar-refractivity contribution in [2.45, 2.75) is 33.2 Å². The predicted octanol–water partition coefficient (Wildman–Crippen LogP) is 5.37. The summed E-state index contributed by atoms with van der Waals surface area (Å²) in [7, 11) is 0. The first-order valence-corrected chi connectivity index (χ1v) is 12.5. The molecule has 188 valence electrons. The molecule has 2 aromatic carbocycles. The Morgan fingerprint density at radius 2 is 1.58 bits per heavy atom. The summed E-state index contributed by atoms with van der Waals surface area (Å²) in [6.07, 6.45) is 5.15. The molecule has 1 aliphatic rings. The smallest absolute Gasteiger partial charge is 0.230 e. The van der Waals surface area contributed by atoms with Gasteiger partial charge < -0.3 is 10.1 Å². The fourth-order valence-electron chi connectivity index (χ4n) is 4.69. The number of nitriles is 2. The molecule has 0 spiro atoms. The van der Waals surface area contributed by atoms with Gasteiger partial charge in [0.15, 0.2) is 0 Å². The molecule has 0 unspecified atom stereocenters. The van der Waals surface area contributed by atoms with Gasteiger partial charge in [-0.3, -0.25) is 9.88 Å². The fourth-order valence-corrected chi connectivity index (χ4v) is 4.69. The Balaban J connectivity index is 1.48. The topological polar surface area (TPSA) is 111 Å². The van der Waals surface area contributed by atoms with Crippen LogP contribution in [0.2, 0.25) is 0 Å². The van der Waals surface area contributed by atoms with E-state index in [9.17, 15) is 5.26 Å². The van der Waals surface area contributed by atoms with Crippen LogP contribution in [0, 0.1) is 36.5 Å². The van der Waals surface area contributed by atoms with E-state index >= 15 is 0 Å². The number of benzene rings is 2. The lowest BCUT2D eigenvalue weighted by Crippen LogP contribution is -2.25. The average molecular weight is 502 g/mol. The normalized spacial score (nSPS) is 13.1. The van der Waals surface area contributed by atoms with Crippen molar-refractivity contribution in [1.29, 1.82) is 10.5 Å². The maximum Gasteiger partial charge on any atom is 0.230 e. The third kappa shape index (κ3) is 5.62. The van der Waals surface area contributed by atoms with E-state index in [4.69, 9.17) is 20.0 Å². The Morgan fingerprint density at radius 1 is 0.895 bits per heavy atom. The van der Waals surface area contributed by atoms with Crippen molar-refractivity contribution in [3.05, 3.63) is 100.0 Å². The lowest BCUT2D eigenvalue weighted by molar-refractivity contribution is 0.278. The Morgan fingerprint density at radius 3 is 2.26 bits per heavy atom. The van der Waals surface area contributed by atoms with Gasteiger partial charge in [-0.15, -0.1) is 0 Å². The van der Waals surface area contributed by atoms with Crippen LogP contribution in [0.25, 0.3) is 0 Å². The van der Waals surface area contributed by atoms with Gasteiger partial charge in [-0.1, -0.05) is 0 Å². The number of hydrogen-bond donors (Lipinski definition) is 1. The maximum atomic E-state index is 9.35. The highest BCUT2D eigenvalue weighted by molar-refractivity contribution is 5.57. The first kappa shape index (κ1) is 24.9. The maximum absolute atomic E-state index is 9.35. The second kappa shape index (κ2) is 11.1. The zero-order chi connectivity index (χ0) is 26.5. The van der Waals surface area contributed by atoms with Crippen LogP contribution >= 0.6 is 0 Å². The van der Waals surface area contributed by atoms with E-state index < -0.39 is 0 Å². The Hall–Kier alpha value is -4.79. The summed E-state index contributed by atoms with van der Waals surface area (Å²) >= 11 is 0. The molecule has 0 bridgehead atoms. The summed E-state index contributed by atoms with van der Waals surface area (Å²) in [5, 5.41) is 21.7. The standard InChI is InChI=1S/C30H27N7O/c1-20-15-24(18-32)16-21(2)28(20)38-29-26-9-13-37(19-23-7-11-33-12-8-23)14-10-27(26)35-30(36-29)34-25-5-3-22(17-31)4-6-25/h3-8,11-12,15-16H,9-10,13-14,19H2,1-2H3,(H,34,35,36). The van der Waals surface area contributed by atoms with Crippen molar-refractivity contribution in [1.82, 2.24) is 19.9 Å². The summed E-state index contributed by atoms with van der Waals surface area (Å²) in [6, 6.07) is 19.3. The van der Waals surface area contributed by atoms with Crippen molar-refractivity contribution in [2.24, 2.45) is 0 Å². The van der Waals surface area contributed by atoms with Gasteiger partial charge in [0.2, 0.25) is 11.8 Å². The van der Waals surface area contributed by atoms with Crippen molar-refractivity contribution in [3.8, 4) is 23.8 Å². The molecule has 2 aromatic heterocycles. The quantitative estimate of drug-likeness (QED) is 0.375. The van der Waals surface area contributed by atoms with Crippen LogP contribution in [0.5, 0.6) is 11.6 Å². The van der Waals surface area contributed by atoms with E-state index in [1.807, 2.05) is 62.6 Å². The minimum Gasteiger partial charge on any atom is -0.438 e. The lowest BCUT2D eigenvalue weighted by atomic mass is 10.1. The molecule has 0 atom stereocenters. The van der Waals surface area contributed by atoms with Gasteiger partial charge in [0, 0.05) is 49.7 Å². The number of rotatable bonds is 6. The largest absolute Gasteiger partial charge is 0.438 e. The molecule has 3 heterocycles. The Kier molecular flexibility index (Phi) is 7.26. The predicted molar refractivity (Wildman–Crippen MR) is 144 cm³/mol. The number of anilines is 2. The summed E-state index contributed by atoms with van der Waals surface area (Å²) in [5.41, 5.74) is 6.90. The zero-order valence-corrected chi connectivity index (χ0v) is 21.4. The molecule has 0 fully saturated rings. The van der Waals surface area contributed by atoms with E-state index in [0.29, 0.717) is 28.7 Å². The van der Waals surface area contributed by atoms with Gasteiger partial charge in [0.05, 0.1) is 29.0 Å². The van der Waals surface area contributed by atoms with E-state index in [1.165, 1.54) is 5.56 Å². The highest BCUT2D eigenvalue weighted by Gasteiger charge is 2.23. The van der Waals surface area contributed by atoms with Crippen LogP contribution < -0.4 is 10.1 Å². The molecule has 38 heavy (non-hydrogen) atoms. The number of aryl methyl sites for hydroxylation is 2. The Bertz CT molecular complexity index is 1510. The van der Waals surface area contributed by atoms with E-state index in [0.717, 1.165) is 60.5 Å². The van der Waals surface area contributed by atoms with E-state index in [2.05, 4.69) is 27.3 Å². The van der Waals surface area contributed by atoms with Gasteiger partial charge in [-0.2, -0.15) is 15.5 Å². The van der Waals surface area contributed by atoms with Crippen LogP contribution in [0.3, 0.4) is 0 Å². The lowest BCUT2D eigenvalue weighted by Gasteiger charge is -2.19. The fraction of sp³-hybridized carbons (Fsp3) is 0.233. The van der Waals surface area contributed by atoms with Crippen molar-refractivity contribution >= 4 is 11.6 Å². The highest BCUT2D eigenvalue weighted by atomic mass is 16.5. The summed E-state index contributed by atoms with van der Waals surface area (Å²) in [5.74, 6) is 1.66. The molecule has 0 saturated carbocycles. The first-order valence-electron chi connectivity index (χ1n) is 12.5. The molecule has 0 amide bonds. The molecular weight excluding hydrogens is 474 g/mol. The molecule has 8 nitrogen and oxygen atoms in total. The zero-order valence-electron chi connectivity index (χ0n) is 21.4. The molecule has 8 heteroatoms. The highest BCUT2D eigenvalue weighted by Crippen LogP contribution is 2.34. The number of hydrogen-bond acceptors (Lipinski definition) is 8. The molecular formula is C30H27N7O. The molecule has 1 N–H and O–H groups in total. The van der Waals surface area contributed by atoms with Crippen LogP contribution in [0.4, 0.5) is 11.6 Å². The van der Waals surface area contributed by atoms with Gasteiger partial charge >= 0.3 is 0 Å². The van der Waals surface area contributed by atoms with E-state index in [-0.39, 0.29) is 0 Å². The number of fused-ring (bicyclic) bond motifs is 1. The van der Waals surface area contributed by atoms with Crippen LogP contribution in [-0.2, 0) is 19.4 Å². The second-order valence-corrected chi connectivity index (χ2v) is 9.38. The molecule has 5 rings (SSSR count). The monoisotopic (exact) mass is 501 g/mol. The number of ether oxygens (including phenoxy) is 1. The average Bonchev–Trinajstić information content (AvgIpc) is 3.14. The molecule has 4 aromatic rings. The number of pyridine rings is 1. The summed E-state index contributed by atoms with van der Waals surface area (Å²) < 4.78 is 6.49. The minimum atomic E-state index is 0.440. The van der Waals surface area contributed by atoms with Crippen molar-refractivity contribution in [2.75, 3.05) is 18.4 Å². The first-order chi connectivity index (χ1) is 18.5. The molecule has 0 radical (unpaired) electrons. The number of nitrogens with zero attached hydrogens (tertiary/aromatic N) is 6. The molecule has 1 aliphatic heterocycles. The minimum absolute atomic E-state index is 0.440. The van der Waals surface area contributed by atoms with Gasteiger partial charge in [-0.25, -0.2) is 4.98 Å². The van der Waals surface area contributed by atoms with Crippen LogP contribution in [0.1, 0.15) is 39.1 Å². The second-order valence-electron chi connectivity index (χ2n) is 9.38. The van der Waals surface area contributed by atoms with Crippen molar-refractivity contribution in [3.63, 3.8) is 0 Å². The number of aromatic nitrogens is 3. The van der Waals surface area contributed by atoms with Gasteiger partial charge in [0.25, 0.3) is 0 Å². The van der Waals surface area contributed by atoms with Crippen molar-refractivity contribution < 1.29 is 4.74 Å².